The molecule has 0 aromatic heterocycles. The van der Waals surface area contributed by atoms with Gasteiger partial charge in [0.25, 0.3) is 0 Å². The van der Waals surface area contributed by atoms with Crippen LogP contribution in [-0.4, -0.2) is 56.1 Å². The number of benzene rings is 4. The van der Waals surface area contributed by atoms with Crippen LogP contribution in [0.25, 0.3) is 0 Å². The Labute approximate surface area is 324 Å². The minimum Gasteiger partial charge on any atom is -0.497 e. The van der Waals surface area contributed by atoms with Crippen LogP contribution in [0, 0.1) is 17.8 Å². The number of alkyl carbamates (subject to hydrolysis) is 1. The molecule has 0 radical (unpaired) electrons. The Bertz CT molecular complexity index is 1750. The lowest BCUT2D eigenvalue weighted by Crippen LogP contribution is -2.65. The van der Waals surface area contributed by atoms with Gasteiger partial charge in [0.15, 0.2) is 6.23 Å². The van der Waals surface area contributed by atoms with Crippen LogP contribution in [0.2, 0.25) is 0 Å². The number of hydrogen-bond donors (Lipinski definition) is 1. The number of rotatable bonds is 16. The van der Waals surface area contributed by atoms with Crippen LogP contribution in [0.1, 0.15) is 60.8 Å². The van der Waals surface area contributed by atoms with E-state index in [1.54, 1.807) is 7.11 Å². The smallest absolute Gasteiger partial charge is 0.409 e. The number of hydrogen-bond acceptors (Lipinski definition) is 8. The first-order valence-corrected chi connectivity index (χ1v) is 19.8. The zero-order valence-corrected chi connectivity index (χ0v) is 31.6. The third-order valence-electron chi connectivity index (χ3n) is 11.8. The molecule has 290 valence electrons. The summed E-state index contributed by atoms with van der Waals surface area (Å²) in [6, 6.07) is 37.9. The third kappa shape index (κ3) is 9.59. The minimum atomic E-state index is -0.906. The van der Waals surface area contributed by atoms with Crippen LogP contribution in [-0.2, 0) is 54.8 Å². The molecule has 5 fully saturated rings. The second-order valence-corrected chi connectivity index (χ2v) is 15.9. The predicted molar refractivity (Wildman–Crippen MR) is 207 cm³/mol. The number of amides is 1. The Morgan fingerprint density at radius 2 is 1.09 bits per heavy atom. The van der Waals surface area contributed by atoms with Gasteiger partial charge in [0, 0.05) is 0 Å². The molecule has 1 N–H and O–H groups in total. The van der Waals surface area contributed by atoms with E-state index < -0.39 is 42.3 Å². The van der Waals surface area contributed by atoms with E-state index in [1.807, 2.05) is 115 Å². The van der Waals surface area contributed by atoms with E-state index in [4.69, 9.17) is 33.2 Å². The maximum absolute atomic E-state index is 14.1. The van der Waals surface area contributed by atoms with Crippen molar-refractivity contribution in [2.75, 3.05) is 13.7 Å². The van der Waals surface area contributed by atoms with E-state index in [2.05, 4.69) is 5.32 Å². The monoisotopic (exact) mass is 747 g/mol. The highest BCUT2D eigenvalue weighted by atomic mass is 16.6. The molecule has 4 aromatic rings. The molecular weight excluding hydrogens is 695 g/mol. The quantitative estimate of drug-likeness (QED) is 0.122. The summed E-state index contributed by atoms with van der Waals surface area (Å²) in [5.74, 6) is 2.69. The van der Waals surface area contributed by atoms with Crippen LogP contribution in [0.3, 0.4) is 0 Å². The molecule has 1 saturated heterocycles. The van der Waals surface area contributed by atoms with Gasteiger partial charge in [-0.2, -0.15) is 0 Å². The number of carbonyl (C=O) groups excluding carboxylic acids is 1. The van der Waals surface area contributed by atoms with Gasteiger partial charge in [0.05, 0.1) is 40.1 Å². The van der Waals surface area contributed by atoms with Crippen LogP contribution in [0.15, 0.2) is 115 Å². The molecule has 9 nitrogen and oxygen atoms in total. The van der Waals surface area contributed by atoms with E-state index in [-0.39, 0.29) is 13.2 Å². The lowest BCUT2D eigenvalue weighted by molar-refractivity contribution is -0.277. The molecule has 55 heavy (non-hydrogen) atoms. The van der Waals surface area contributed by atoms with Crippen LogP contribution in [0.4, 0.5) is 4.79 Å². The lowest BCUT2D eigenvalue weighted by Gasteiger charge is -2.55. The first-order valence-electron chi connectivity index (χ1n) is 19.8. The second kappa shape index (κ2) is 17.7. The Kier molecular flexibility index (Phi) is 12.1. The van der Waals surface area contributed by atoms with Crippen molar-refractivity contribution in [3.05, 3.63) is 138 Å². The Hall–Kier alpha value is -4.25. The molecule has 4 aliphatic carbocycles. The summed E-state index contributed by atoms with van der Waals surface area (Å²) < 4.78 is 45.4. The number of nitrogens with one attached hydrogen (secondary N) is 1. The molecule has 4 saturated carbocycles. The normalized spacial score (nSPS) is 29.5. The minimum absolute atomic E-state index is 0.185. The first kappa shape index (κ1) is 37.7. The molecule has 4 bridgehead atoms. The van der Waals surface area contributed by atoms with E-state index in [1.165, 1.54) is 19.3 Å². The Balaban J connectivity index is 1.08. The molecule has 5 atom stereocenters. The highest BCUT2D eigenvalue weighted by molar-refractivity contribution is 5.68. The zero-order chi connectivity index (χ0) is 37.5. The van der Waals surface area contributed by atoms with Gasteiger partial charge < -0.3 is 33.2 Å². The van der Waals surface area contributed by atoms with Gasteiger partial charge in [-0.05, 0) is 90.7 Å². The fourth-order valence-corrected chi connectivity index (χ4v) is 9.55. The lowest BCUT2D eigenvalue weighted by atomic mass is 9.54. The summed E-state index contributed by atoms with van der Waals surface area (Å²) in [6.07, 6.45) is 2.57. The highest BCUT2D eigenvalue weighted by Crippen LogP contribution is 2.57. The maximum Gasteiger partial charge on any atom is 0.409 e. The van der Waals surface area contributed by atoms with Crippen molar-refractivity contribution in [1.29, 1.82) is 0 Å². The van der Waals surface area contributed by atoms with Gasteiger partial charge in [-0.25, -0.2) is 4.79 Å². The summed E-state index contributed by atoms with van der Waals surface area (Å²) in [5, 5.41) is 3.14. The molecule has 5 aliphatic rings. The molecule has 1 amide bonds. The number of carbonyl (C=O) groups is 1. The summed E-state index contributed by atoms with van der Waals surface area (Å²) >= 11 is 0. The van der Waals surface area contributed by atoms with Gasteiger partial charge in [-0.3, -0.25) is 5.32 Å². The van der Waals surface area contributed by atoms with E-state index in [9.17, 15) is 4.79 Å². The standard InChI is InChI=1S/C46H53NO8/c1-49-39-19-17-35(18-20-39)27-50-31-40-41(51-28-32-11-5-2-6-12-32)42(52-29-33-13-7-3-8-14-33)43(53-30-34-15-9-4-10-16-34)44(54-40)47-45(48)55-46-24-36-21-37(25-46)23-38(22-36)26-46/h2-20,36-38,40-44H,21-31H2,1H3,(H,47,48)/t36?,37?,38?,40-,41-,42+,43-,44-,46?/m1/s1. The summed E-state index contributed by atoms with van der Waals surface area (Å²) in [6.45, 7) is 1.46. The maximum atomic E-state index is 14.1. The molecule has 4 aromatic carbocycles. The fraction of sp³-hybridized carbons (Fsp3) is 0.457. The topological polar surface area (TPSA) is 93.7 Å². The van der Waals surface area contributed by atoms with Crippen molar-refractivity contribution in [3.8, 4) is 5.75 Å². The summed E-state index contributed by atoms with van der Waals surface area (Å²) in [5.41, 5.74) is 3.59. The second-order valence-electron chi connectivity index (χ2n) is 15.9. The molecule has 0 spiro atoms. The third-order valence-corrected chi connectivity index (χ3v) is 11.8. The molecular formula is C46H53NO8. The summed E-state index contributed by atoms with van der Waals surface area (Å²) in [4.78, 5) is 14.1. The number of methoxy groups -OCH3 is 1. The Morgan fingerprint density at radius 3 is 1.60 bits per heavy atom. The average Bonchev–Trinajstić information content (AvgIpc) is 3.20. The zero-order valence-electron chi connectivity index (χ0n) is 31.6. The van der Waals surface area contributed by atoms with Crippen molar-refractivity contribution in [2.24, 2.45) is 17.8 Å². The number of ether oxygens (including phenoxy) is 7. The molecule has 1 heterocycles. The van der Waals surface area contributed by atoms with Crippen molar-refractivity contribution in [2.45, 2.75) is 101 Å². The van der Waals surface area contributed by atoms with Gasteiger partial charge in [-0.15, -0.1) is 0 Å². The van der Waals surface area contributed by atoms with Gasteiger partial charge in [-0.1, -0.05) is 103 Å². The Morgan fingerprint density at radius 1 is 0.618 bits per heavy atom. The molecule has 1 aliphatic heterocycles. The molecule has 0 unspecified atom stereocenters. The van der Waals surface area contributed by atoms with Crippen molar-refractivity contribution < 1.29 is 38.0 Å². The van der Waals surface area contributed by atoms with Crippen LogP contribution in [0.5, 0.6) is 5.75 Å². The predicted octanol–water partition coefficient (Wildman–Crippen LogP) is 8.39. The van der Waals surface area contributed by atoms with Gasteiger partial charge in [0.1, 0.15) is 35.8 Å². The van der Waals surface area contributed by atoms with Crippen LogP contribution < -0.4 is 10.1 Å². The van der Waals surface area contributed by atoms with Gasteiger partial charge in [0.2, 0.25) is 0 Å². The molecule has 9 heteroatoms. The average molecular weight is 748 g/mol. The van der Waals surface area contributed by atoms with Gasteiger partial charge >= 0.3 is 6.09 Å². The van der Waals surface area contributed by atoms with Crippen LogP contribution >= 0.6 is 0 Å². The van der Waals surface area contributed by atoms with E-state index in [0.717, 1.165) is 47.3 Å². The van der Waals surface area contributed by atoms with E-state index in [0.29, 0.717) is 37.6 Å². The fourth-order valence-electron chi connectivity index (χ4n) is 9.55. The first-order chi connectivity index (χ1) is 27.0. The van der Waals surface area contributed by atoms with Crippen molar-refractivity contribution in [1.82, 2.24) is 5.32 Å². The van der Waals surface area contributed by atoms with Crippen molar-refractivity contribution in [3.63, 3.8) is 0 Å². The molecule has 9 rings (SSSR count). The highest BCUT2D eigenvalue weighted by Gasteiger charge is 2.54. The van der Waals surface area contributed by atoms with Crippen molar-refractivity contribution >= 4 is 6.09 Å². The largest absolute Gasteiger partial charge is 0.497 e. The van der Waals surface area contributed by atoms with E-state index >= 15 is 0 Å². The SMILES string of the molecule is COc1ccc(COC[C@H]2O[C@@H](NC(=O)OC34CC5CC(CC(C5)C3)C4)[C@H](OCc3ccccc3)[C@@H](OCc3ccccc3)[C@@H]2OCc2ccccc2)cc1. The summed E-state index contributed by atoms with van der Waals surface area (Å²) in [7, 11) is 1.65.